The molecule has 0 atom stereocenters. The molecule has 0 aliphatic carbocycles. The molecule has 0 aliphatic rings. The Hall–Kier alpha value is -1.71. The van der Waals surface area contributed by atoms with Crippen molar-refractivity contribution in [3.05, 3.63) is 0 Å². The average Bonchev–Trinajstić information content (AvgIpc) is 2.22. The van der Waals surface area contributed by atoms with E-state index in [0.29, 0.717) is 10.5 Å². The van der Waals surface area contributed by atoms with Gasteiger partial charge in [0.15, 0.2) is 0 Å². The van der Waals surface area contributed by atoms with Gasteiger partial charge in [-0.3, -0.25) is 19.2 Å². The molecule has 21 heavy (non-hydrogen) atoms. The summed E-state index contributed by atoms with van der Waals surface area (Å²) in [6, 6.07) is 0. The Balaban J connectivity index is 0. The van der Waals surface area contributed by atoms with Gasteiger partial charge in [-0.15, -0.1) is 0 Å². The van der Waals surface area contributed by atoms with E-state index in [1.807, 2.05) is 0 Å². The molecule has 0 amide bonds. The molecule has 0 fully saturated rings. The Morgan fingerprint density at radius 2 is 0.810 bits per heavy atom. The first kappa shape index (κ1) is 21.6. The molecule has 0 aromatic carbocycles. The van der Waals surface area contributed by atoms with Crippen molar-refractivity contribution in [2.24, 2.45) is 0 Å². The predicted octanol–water partition coefficient (Wildman–Crippen LogP) is -0.500. The summed E-state index contributed by atoms with van der Waals surface area (Å²) >= 11 is 0. The summed E-state index contributed by atoms with van der Waals surface area (Å²) in [5.41, 5.74) is 0. The van der Waals surface area contributed by atoms with E-state index in [-0.39, 0.29) is 29.6 Å². The van der Waals surface area contributed by atoms with Gasteiger partial charge in [-0.25, -0.2) is 0 Å². The summed E-state index contributed by atoms with van der Waals surface area (Å²) in [6.07, 6.45) is 0. The van der Waals surface area contributed by atoms with Crippen LogP contribution in [0.25, 0.3) is 0 Å². The van der Waals surface area contributed by atoms with Gasteiger partial charge in [0.2, 0.25) is 0 Å². The van der Waals surface area contributed by atoms with Crippen LogP contribution in [0.15, 0.2) is 0 Å². The summed E-state index contributed by atoms with van der Waals surface area (Å²) in [7, 11) is 0. The first-order valence-corrected chi connectivity index (χ1v) is 5.50. The summed E-state index contributed by atoms with van der Waals surface area (Å²) in [5.74, 6) is -2.90. The molecular formula is C10H16N2NiO8. The van der Waals surface area contributed by atoms with Crippen molar-refractivity contribution < 1.29 is 55.0 Å². The van der Waals surface area contributed by atoms with E-state index in [0.717, 1.165) is 27.7 Å². The number of nitrogens with zero attached hydrogens (tertiary/aromatic N) is 2. The van der Waals surface area contributed by atoms with Gasteiger partial charge < -0.3 is 19.4 Å². The quantitative estimate of drug-likeness (QED) is 0.440. The monoisotopic (exact) mass is 350 g/mol. The minimum absolute atomic E-state index is 0. The third kappa shape index (κ3) is 13.0. The van der Waals surface area contributed by atoms with Gasteiger partial charge in [0.25, 0.3) is 0 Å². The van der Waals surface area contributed by atoms with Gasteiger partial charge in [0, 0.05) is 54.6 Å². The Labute approximate surface area is 131 Å². The largest absolute Gasteiger partial charge is 0.333 e. The van der Waals surface area contributed by atoms with Crippen LogP contribution >= 0.6 is 0 Å². The first-order chi connectivity index (χ1) is 9.20. The molecule has 0 unspecified atom stereocenters. The molecular weight excluding hydrogens is 335 g/mol. The maximum Gasteiger partial charge on any atom is 0.326 e. The van der Waals surface area contributed by atoms with E-state index < -0.39 is 23.9 Å². The van der Waals surface area contributed by atoms with Gasteiger partial charge in [0.05, 0.1) is 13.1 Å². The van der Waals surface area contributed by atoms with E-state index in [1.165, 1.54) is 0 Å². The predicted molar refractivity (Wildman–Crippen MR) is 60.5 cm³/mol. The molecule has 0 saturated carbocycles. The number of hydrogen-bond acceptors (Lipinski definition) is 10. The first-order valence-electron chi connectivity index (χ1n) is 5.50. The Morgan fingerprint density at radius 3 is 0.952 bits per heavy atom. The second kappa shape index (κ2) is 11.0. The molecule has 0 spiro atoms. The topological polar surface area (TPSA) is 112 Å². The third-order valence-electron chi connectivity index (χ3n) is 1.39. The maximum atomic E-state index is 10.8. The number of hydrogen-bond donors (Lipinski definition) is 0. The van der Waals surface area contributed by atoms with Crippen LogP contribution in [0, 0.1) is 0 Å². The summed E-state index contributed by atoms with van der Waals surface area (Å²) in [6.45, 7) is 3.97. The molecule has 124 valence electrons. The smallest absolute Gasteiger partial charge is 0.326 e. The standard InChI is InChI=1S/C10H16N2O8.Ni/c1-7(13)17-11(18-8(2)14)5-6-12(19-9(3)15)20-10(4)16;/h5-6H2,1-4H3;. The van der Waals surface area contributed by atoms with Crippen molar-refractivity contribution in [2.45, 2.75) is 27.7 Å². The van der Waals surface area contributed by atoms with Gasteiger partial charge in [0.1, 0.15) is 0 Å². The molecule has 0 aliphatic heterocycles. The van der Waals surface area contributed by atoms with Gasteiger partial charge >= 0.3 is 23.9 Å². The van der Waals surface area contributed by atoms with Crippen molar-refractivity contribution in [1.29, 1.82) is 0 Å². The van der Waals surface area contributed by atoms with Crippen LogP contribution in [0.1, 0.15) is 27.7 Å². The van der Waals surface area contributed by atoms with Gasteiger partial charge in [-0.2, -0.15) is 0 Å². The van der Waals surface area contributed by atoms with Crippen molar-refractivity contribution >= 4 is 23.9 Å². The molecule has 10 nitrogen and oxygen atoms in total. The summed E-state index contributed by atoms with van der Waals surface area (Å²) in [4.78, 5) is 61.4. The van der Waals surface area contributed by atoms with Crippen molar-refractivity contribution in [1.82, 2.24) is 10.5 Å². The minimum Gasteiger partial charge on any atom is -0.333 e. The van der Waals surface area contributed by atoms with Crippen molar-refractivity contribution in [3.8, 4) is 0 Å². The Kier molecular flexibility index (Phi) is 11.3. The van der Waals surface area contributed by atoms with E-state index >= 15 is 0 Å². The average molecular weight is 351 g/mol. The van der Waals surface area contributed by atoms with Crippen LogP contribution in [0.2, 0.25) is 0 Å². The van der Waals surface area contributed by atoms with E-state index in [4.69, 9.17) is 0 Å². The molecule has 0 heterocycles. The summed E-state index contributed by atoms with van der Waals surface area (Å²) < 4.78 is 0. The molecule has 0 aromatic rings. The second-order valence-electron chi connectivity index (χ2n) is 3.44. The number of hydroxylamine groups is 4. The third-order valence-corrected chi connectivity index (χ3v) is 1.39. The van der Waals surface area contributed by atoms with Crippen LogP contribution in [0.3, 0.4) is 0 Å². The minimum atomic E-state index is -0.724. The Bertz CT molecular complexity index is 321. The van der Waals surface area contributed by atoms with E-state index in [2.05, 4.69) is 19.4 Å². The van der Waals surface area contributed by atoms with Crippen LogP contribution in [0.4, 0.5) is 0 Å². The molecule has 11 heteroatoms. The molecule has 0 aromatic heterocycles. The maximum absolute atomic E-state index is 10.8. The molecule has 0 radical (unpaired) electrons. The fourth-order valence-corrected chi connectivity index (χ4v) is 0.957. The number of rotatable bonds is 7. The van der Waals surface area contributed by atoms with Gasteiger partial charge in [-0.05, 0) is 0 Å². The normalized spacial score (nSPS) is 9.62. The van der Waals surface area contributed by atoms with Crippen molar-refractivity contribution in [3.63, 3.8) is 0 Å². The van der Waals surface area contributed by atoms with E-state index in [9.17, 15) is 19.2 Å². The zero-order valence-electron chi connectivity index (χ0n) is 11.9. The van der Waals surface area contributed by atoms with E-state index in [1.54, 1.807) is 0 Å². The van der Waals surface area contributed by atoms with Crippen LogP contribution in [-0.4, -0.2) is 47.4 Å². The zero-order valence-corrected chi connectivity index (χ0v) is 12.9. The van der Waals surface area contributed by atoms with Gasteiger partial charge in [-0.1, -0.05) is 0 Å². The fourth-order valence-electron chi connectivity index (χ4n) is 0.957. The number of carbonyl (C=O) groups excluding carboxylic acids is 4. The zero-order chi connectivity index (χ0) is 15.7. The van der Waals surface area contributed by atoms with Crippen molar-refractivity contribution in [2.75, 3.05) is 13.1 Å². The second-order valence-corrected chi connectivity index (χ2v) is 3.44. The van der Waals surface area contributed by atoms with Crippen LogP contribution in [0.5, 0.6) is 0 Å². The van der Waals surface area contributed by atoms with Crippen LogP contribution in [-0.2, 0) is 55.0 Å². The molecule has 0 saturated heterocycles. The fraction of sp³-hybridized carbons (Fsp3) is 0.600. The molecule has 0 bridgehead atoms. The Morgan fingerprint density at radius 1 is 0.619 bits per heavy atom. The summed E-state index contributed by atoms with van der Waals surface area (Å²) in [5, 5.41) is 1.15. The van der Waals surface area contributed by atoms with Crippen LogP contribution < -0.4 is 0 Å². The molecule has 0 rings (SSSR count). The number of carbonyl (C=O) groups is 4. The SMILES string of the molecule is CC(=O)ON(CCN(OC(C)=O)OC(C)=O)OC(C)=O.[Ni]. The molecule has 0 N–H and O–H groups in total.